The number of amides is 1. The summed E-state index contributed by atoms with van der Waals surface area (Å²) in [6.45, 7) is 2.13. The van der Waals surface area contributed by atoms with Crippen LogP contribution in [0.4, 0.5) is 5.69 Å². The van der Waals surface area contributed by atoms with Gasteiger partial charge in [0.1, 0.15) is 22.5 Å². The predicted molar refractivity (Wildman–Crippen MR) is 118 cm³/mol. The zero-order valence-corrected chi connectivity index (χ0v) is 17.8. The second kappa shape index (κ2) is 9.49. The van der Waals surface area contributed by atoms with E-state index in [9.17, 15) is 10.1 Å². The first-order chi connectivity index (χ1) is 14.4. The lowest BCUT2D eigenvalue weighted by molar-refractivity contribution is -0.112. The molecule has 1 amide bonds. The fourth-order valence-electron chi connectivity index (χ4n) is 2.79. The van der Waals surface area contributed by atoms with Gasteiger partial charge >= 0.3 is 0 Å². The van der Waals surface area contributed by atoms with Crippen LogP contribution in [0.5, 0.6) is 5.75 Å². The van der Waals surface area contributed by atoms with Gasteiger partial charge in [0.2, 0.25) is 0 Å². The summed E-state index contributed by atoms with van der Waals surface area (Å²) < 4.78 is 6.68. The highest BCUT2D eigenvalue weighted by Crippen LogP contribution is 2.25. The molecular weight excluding hydrogens is 423 g/mol. The molecule has 2 aromatic carbocycles. The standard InChI is InChI=1S/C22H18Cl2N4O2/c1-14-19(21(24)28(27-14)13-15-5-3-4-6-20(15)23)11-16(12-25)22(29)26-17-7-9-18(30-2)10-8-17/h3-11H,13H2,1-2H3,(H,26,29)/b16-11+. The van der Waals surface area contributed by atoms with Gasteiger partial charge in [-0.25, -0.2) is 4.68 Å². The summed E-state index contributed by atoms with van der Waals surface area (Å²) in [5, 5.41) is 17.5. The van der Waals surface area contributed by atoms with Crippen LogP contribution in [-0.4, -0.2) is 22.8 Å². The van der Waals surface area contributed by atoms with Gasteiger partial charge in [0.05, 0.1) is 19.3 Å². The summed E-state index contributed by atoms with van der Waals surface area (Å²) in [5.41, 5.74) is 2.41. The summed E-state index contributed by atoms with van der Waals surface area (Å²) in [6.07, 6.45) is 1.44. The summed E-state index contributed by atoms with van der Waals surface area (Å²) in [5.74, 6) is 0.120. The Labute approximate surface area is 184 Å². The van der Waals surface area contributed by atoms with Crippen LogP contribution < -0.4 is 10.1 Å². The fraction of sp³-hybridized carbons (Fsp3) is 0.136. The van der Waals surface area contributed by atoms with Crippen molar-refractivity contribution >= 4 is 40.9 Å². The molecule has 0 fully saturated rings. The molecule has 1 N–H and O–H groups in total. The highest BCUT2D eigenvalue weighted by molar-refractivity contribution is 6.32. The Balaban J connectivity index is 1.84. The van der Waals surface area contributed by atoms with Crippen molar-refractivity contribution in [3.63, 3.8) is 0 Å². The number of nitrogens with one attached hydrogen (secondary N) is 1. The molecule has 0 unspecified atom stereocenters. The Morgan fingerprint density at radius 1 is 1.23 bits per heavy atom. The lowest BCUT2D eigenvalue weighted by Gasteiger charge is -2.06. The minimum Gasteiger partial charge on any atom is -0.497 e. The van der Waals surface area contributed by atoms with Crippen LogP contribution in [0.3, 0.4) is 0 Å². The summed E-state index contributed by atoms with van der Waals surface area (Å²) in [6, 6.07) is 16.1. The molecule has 152 valence electrons. The Hall–Kier alpha value is -3.27. The first-order valence-electron chi connectivity index (χ1n) is 8.96. The van der Waals surface area contributed by atoms with Crippen LogP contribution in [0.1, 0.15) is 16.8 Å². The molecule has 30 heavy (non-hydrogen) atoms. The number of carbonyl (C=O) groups excluding carboxylic acids is 1. The lowest BCUT2D eigenvalue weighted by Crippen LogP contribution is -2.13. The molecule has 0 saturated carbocycles. The largest absolute Gasteiger partial charge is 0.497 e. The topological polar surface area (TPSA) is 79.9 Å². The maximum Gasteiger partial charge on any atom is 0.266 e. The molecule has 1 heterocycles. The Morgan fingerprint density at radius 2 is 1.93 bits per heavy atom. The number of anilines is 1. The van der Waals surface area contributed by atoms with E-state index in [4.69, 9.17) is 27.9 Å². The minimum absolute atomic E-state index is 0.0897. The molecule has 0 spiro atoms. The molecule has 3 rings (SSSR count). The smallest absolute Gasteiger partial charge is 0.266 e. The van der Waals surface area contributed by atoms with Gasteiger partial charge in [-0.2, -0.15) is 10.4 Å². The number of aryl methyl sites for hydroxylation is 1. The molecule has 1 aromatic heterocycles. The lowest BCUT2D eigenvalue weighted by atomic mass is 10.1. The van der Waals surface area contributed by atoms with Crippen LogP contribution in [0.25, 0.3) is 6.08 Å². The average Bonchev–Trinajstić information content (AvgIpc) is 3.01. The molecule has 0 saturated heterocycles. The summed E-state index contributed by atoms with van der Waals surface area (Å²) in [7, 11) is 1.56. The number of ether oxygens (including phenoxy) is 1. The first-order valence-corrected chi connectivity index (χ1v) is 9.72. The number of rotatable bonds is 6. The molecule has 6 nitrogen and oxygen atoms in total. The number of carbonyl (C=O) groups is 1. The van der Waals surface area contributed by atoms with E-state index >= 15 is 0 Å². The number of methoxy groups -OCH3 is 1. The van der Waals surface area contributed by atoms with Crippen molar-refractivity contribution < 1.29 is 9.53 Å². The Morgan fingerprint density at radius 3 is 2.57 bits per heavy atom. The van der Waals surface area contributed by atoms with E-state index in [1.165, 1.54) is 6.08 Å². The van der Waals surface area contributed by atoms with Gasteiger partial charge in [0, 0.05) is 16.3 Å². The molecule has 0 atom stereocenters. The van der Waals surface area contributed by atoms with Crippen molar-refractivity contribution in [1.29, 1.82) is 5.26 Å². The van der Waals surface area contributed by atoms with Crippen LogP contribution in [0, 0.1) is 18.3 Å². The second-order valence-corrected chi connectivity index (χ2v) is 7.16. The third-order valence-electron chi connectivity index (χ3n) is 4.39. The van der Waals surface area contributed by atoms with E-state index < -0.39 is 5.91 Å². The normalized spacial score (nSPS) is 11.1. The molecule has 3 aromatic rings. The maximum atomic E-state index is 12.5. The van der Waals surface area contributed by atoms with E-state index in [1.54, 1.807) is 49.0 Å². The van der Waals surface area contributed by atoms with E-state index in [-0.39, 0.29) is 5.57 Å². The van der Waals surface area contributed by atoms with Crippen molar-refractivity contribution in [1.82, 2.24) is 9.78 Å². The first kappa shape index (κ1) is 21.4. The number of halogens is 2. The number of hydrogen-bond donors (Lipinski definition) is 1. The molecule has 0 bridgehead atoms. The van der Waals surface area contributed by atoms with Crippen molar-refractivity contribution in [2.24, 2.45) is 0 Å². The number of hydrogen-bond acceptors (Lipinski definition) is 4. The predicted octanol–water partition coefficient (Wildman–Crippen LogP) is 5.10. The maximum absolute atomic E-state index is 12.5. The van der Waals surface area contributed by atoms with E-state index in [0.29, 0.717) is 39.4 Å². The zero-order valence-electron chi connectivity index (χ0n) is 16.3. The number of nitrogens with zero attached hydrogens (tertiary/aromatic N) is 3. The zero-order chi connectivity index (χ0) is 21.7. The quantitative estimate of drug-likeness (QED) is 0.426. The Kier molecular flexibility index (Phi) is 6.78. The summed E-state index contributed by atoms with van der Waals surface area (Å²) >= 11 is 12.7. The van der Waals surface area contributed by atoms with Gasteiger partial charge in [-0.05, 0) is 48.9 Å². The van der Waals surface area contributed by atoms with E-state index in [1.807, 2.05) is 24.3 Å². The third-order valence-corrected chi connectivity index (χ3v) is 5.16. The second-order valence-electron chi connectivity index (χ2n) is 6.39. The number of benzene rings is 2. The van der Waals surface area contributed by atoms with Crippen LogP contribution in [0.15, 0.2) is 54.1 Å². The average molecular weight is 441 g/mol. The van der Waals surface area contributed by atoms with E-state index in [0.717, 1.165) is 5.56 Å². The van der Waals surface area contributed by atoms with Crippen molar-refractivity contribution in [3.8, 4) is 11.8 Å². The van der Waals surface area contributed by atoms with Crippen molar-refractivity contribution in [3.05, 3.63) is 81.1 Å². The molecule has 0 aliphatic rings. The fourth-order valence-corrected chi connectivity index (χ4v) is 3.27. The molecule has 0 aliphatic heterocycles. The van der Waals surface area contributed by atoms with Gasteiger partial charge < -0.3 is 10.1 Å². The molecular formula is C22H18Cl2N4O2. The minimum atomic E-state index is -0.544. The van der Waals surface area contributed by atoms with Crippen LogP contribution in [-0.2, 0) is 11.3 Å². The monoisotopic (exact) mass is 440 g/mol. The van der Waals surface area contributed by atoms with Gasteiger partial charge in [-0.1, -0.05) is 41.4 Å². The van der Waals surface area contributed by atoms with Gasteiger partial charge in [0.25, 0.3) is 5.91 Å². The van der Waals surface area contributed by atoms with E-state index in [2.05, 4.69) is 10.4 Å². The third kappa shape index (κ3) is 4.82. The highest BCUT2D eigenvalue weighted by atomic mass is 35.5. The SMILES string of the molecule is COc1ccc(NC(=O)/C(C#N)=C/c2c(C)nn(Cc3ccccc3Cl)c2Cl)cc1. The number of aromatic nitrogens is 2. The van der Waals surface area contributed by atoms with Crippen molar-refractivity contribution in [2.45, 2.75) is 13.5 Å². The number of nitriles is 1. The van der Waals surface area contributed by atoms with Gasteiger partial charge in [0.15, 0.2) is 0 Å². The Bertz CT molecular complexity index is 1140. The van der Waals surface area contributed by atoms with Gasteiger partial charge in [-0.3, -0.25) is 4.79 Å². The van der Waals surface area contributed by atoms with Crippen molar-refractivity contribution in [2.75, 3.05) is 12.4 Å². The van der Waals surface area contributed by atoms with Crippen LogP contribution >= 0.6 is 23.2 Å². The molecule has 8 heteroatoms. The molecule has 0 radical (unpaired) electrons. The highest BCUT2D eigenvalue weighted by Gasteiger charge is 2.17. The molecule has 0 aliphatic carbocycles. The van der Waals surface area contributed by atoms with Gasteiger partial charge in [-0.15, -0.1) is 0 Å². The summed E-state index contributed by atoms with van der Waals surface area (Å²) in [4.78, 5) is 12.5. The van der Waals surface area contributed by atoms with Crippen LogP contribution in [0.2, 0.25) is 10.2 Å².